The summed E-state index contributed by atoms with van der Waals surface area (Å²) in [7, 11) is 0. The van der Waals surface area contributed by atoms with Crippen molar-refractivity contribution in [3.63, 3.8) is 0 Å². The van der Waals surface area contributed by atoms with Gasteiger partial charge in [-0.1, -0.05) is 117 Å². The smallest absolute Gasteiger partial charge is 0.0541 e. The molecular weight excluding hydrogens is 697 g/mol. The normalized spacial score (nSPS) is 17.0. The van der Waals surface area contributed by atoms with E-state index in [0.29, 0.717) is 11.8 Å². The summed E-state index contributed by atoms with van der Waals surface area (Å²) < 4.78 is 3.70. The lowest BCUT2D eigenvalue weighted by Crippen LogP contribution is -2.26. The van der Waals surface area contributed by atoms with Crippen LogP contribution in [0.5, 0.6) is 0 Å². The molecule has 0 spiro atoms. The molecule has 0 saturated heterocycles. The molecule has 11 rings (SSSR count). The summed E-state index contributed by atoms with van der Waals surface area (Å²) in [6.07, 6.45) is 7.30. The van der Waals surface area contributed by atoms with Crippen LogP contribution in [0, 0.1) is 5.92 Å². The van der Waals surface area contributed by atoms with Crippen LogP contribution in [-0.2, 0) is 5.41 Å². The van der Waals surface area contributed by atoms with Crippen LogP contribution in [0.15, 0.2) is 182 Å². The lowest BCUT2D eigenvalue weighted by Gasteiger charge is -2.33. The maximum atomic E-state index is 2.49. The van der Waals surface area contributed by atoms with Crippen LogP contribution in [-0.4, -0.2) is 4.57 Å². The van der Waals surface area contributed by atoms with Crippen molar-refractivity contribution in [1.29, 1.82) is 0 Å². The minimum absolute atomic E-state index is 0.115. The minimum Gasteiger partial charge on any atom is -0.310 e. The fourth-order valence-electron chi connectivity index (χ4n) is 9.85. The van der Waals surface area contributed by atoms with Gasteiger partial charge in [-0.3, -0.25) is 0 Å². The van der Waals surface area contributed by atoms with Crippen molar-refractivity contribution in [1.82, 2.24) is 4.57 Å². The maximum Gasteiger partial charge on any atom is 0.0541 e. The monoisotopic (exact) mass is 738 g/mol. The van der Waals surface area contributed by atoms with Gasteiger partial charge in [-0.05, 0) is 136 Å². The number of nitrogens with zero attached hydrogens (tertiary/aromatic N) is 2. The van der Waals surface area contributed by atoms with Crippen molar-refractivity contribution in [3.05, 3.63) is 193 Å². The van der Waals surface area contributed by atoms with Gasteiger partial charge in [0.1, 0.15) is 0 Å². The molecule has 2 heterocycles. The largest absolute Gasteiger partial charge is 0.310 e. The van der Waals surface area contributed by atoms with Crippen LogP contribution in [0.4, 0.5) is 17.1 Å². The van der Waals surface area contributed by atoms with Gasteiger partial charge >= 0.3 is 0 Å². The molecule has 2 aliphatic rings. The number of thiophene rings is 1. The third-order valence-electron chi connectivity index (χ3n) is 12.7. The highest BCUT2D eigenvalue weighted by atomic mass is 32.1. The van der Waals surface area contributed by atoms with Crippen molar-refractivity contribution in [3.8, 4) is 27.3 Å². The summed E-state index contributed by atoms with van der Waals surface area (Å²) in [5.74, 6) is 1.15. The molecule has 0 fully saturated rings. The van der Waals surface area contributed by atoms with Gasteiger partial charge in [-0.2, -0.15) is 0 Å². The second kappa shape index (κ2) is 13.0. The van der Waals surface area contributed by atoms with Crippen LogP contribution in [0.1, 0.15) is 43.7 Å². The number of para-hydroxylation sites is 2. The van der Waals surface area contributed by atoms with Gasteiger partial charge in [0.2, 0.25) is 0 Å². The second-order valence-corrected chi connectivity index (χ2v) is 17.2. The molecule has 0 bridgehead atoms. The Bertz CT molecular complexity index is 2910. The van der Waals surface area contributed by atoms with E-state index in [1.165, 1.54) is 88.8 Å². The Morgan fingerprint density at radius 2 is 1.27 bits per heavy atom. The molecule has 3 heteroatoms. The number of rotatable bonds is 6. The van der Waals surface area contributed by atoms with E-state index in [1.54, 1.807) is 0 Å². The first-order valence-corrected chi connectivity index (χ1v) is 20.7. The Hall–Kier alpha value is -6.16. The fraction of sp³-hybridized carbons (Fsp3) is 0.132. The van der Waals surface area contributed by atoms with Crippen molar-refractivity contribution >= 4 is 60.3 Å². The van der Waals surface area contributed by atoms with Crippen LogP contribution in [0.2, 0.25) is 0 Å². The zero-order valence-corrected chi connectivity index (χ0v) is 32.5. The third kappa shape index (κ3) is 5.29. The van der Waals surface area contributed by atoms with E-state index in [0.717, 1.165) is 11.4 Å². The molecule has 0 N–H and O–H groups in total. The maximum absolute atomic E-state index is 2.49. The van der Waals surface area contributed by atoms with Gasteiger partial charge in [0.05, 0.1) is 11.0 Å². The minimum atomic E-state index is 0.115. The Morgan fingerprint density at radius 1 is 0.589 bits per heavy atom. The van der Waals surface area contributed by atoms with Crippen molar-refractivity contribution < 1.29 is 0 Å². The molecule has 0 aliphatic heterocycles. The molecule has 270 valence electrons. The van der Waals surface area contributed by atoms with E-state index in [-0.39, 0.29) is 5.41 Å². The predicted molar refractivity (Wildman–Crippen MR) is 239 cm³/mol. The number of hydrogen-bond donors (Lipinski definition) is 0. The highest BCUT2D eigenvalue weighted by Crippen LogP contribution is 2.55. The van der Waals surface area contributed by atoms with Gasteiger partial charge in [-0.25, -0.2) is 0 Å². The first-order chi connectivity index (χ1) is 27.5. The van der Waals surface area contributed by atoms with Crippen molar-refractivity contribution in [2.45, 2.75) is 38.0 Å². The molecule has 0 saturated carbocycles. The van der Waals surface area contributed by atoms with E-state index >= 15 is 0 Å². The number of benzene rings is 7. The predicted octanol–water partition coefficient (Wildman–Crippen LogP) is 15.1. The average molecular weight is 739 g/mol. The topological polar surface area (TPSA) is 8.17 Å². The lowest BCUT2D eigenvalue weighted by molar-refractivity contribution is 0.301. The zero-order valence-electron chi connectivity index (χ0n) is 31.7. The van der Waals surface area contributed by atoms with E-state index < -0.39 is 0 Å². The second-order valence-electron chi connectivity index (χ2n) is 16.1. The highest BCUT2D eigenvalue weighted by molar-refractivity contribution is 7.22. The molecule has 2 aromatic heterocycles. The number of fused-ring (bicyclic) bond motifs is 7. The molecule has 2 unspecified atom stereocenters. The van der Waals surface area contributed by atoms with E-state index in [4.69, 9.17) is 0 Å². The summed E-state index contributed by atoms with van der Waals surface area (Å²) in [5, 5.41) is 3.84. The Morgan fingerprint density at radius 3 is 2.07 bits per heavy atom. The van der Waals surface area contributed by atoms with Gasteiger partial charge in [0, 0.05) is 49.0 Å². The van der Waals surface area contributed by atoms with Gasteiger partial charge in [-0.15, -0.1) is 11.3 Å². The summed E-state index contributed by atoms with van der Waals surface area (Å²) in [5.41, 5.74) is 13.9. The van der Waals surface area contributed by atoms with Crippen LogP contribution in [0.25, 0.3) is 59.1 Å². The molecule has 2 aliphatic carbocycles. The molecule has 7 aromatic carbocycles. The fourth-order valence-corrected chi connectivity index (χ4v) is 10.9. The molecule has 0 amide bonds. The molecule has 0 radical (unpaired) electrons. The standard InChI is InChI=1S/C53H42N2S/c1-53(2)47-17-9-7-15-43(47)44-30-29-42(34-48(44)53)54(41-27-22-36(23-28-41)52-33-38-12-6-11-19-51(38)56-52)40-25-20-35(21-26-40)37-24-31-50-46(32-37)45-16-8-10-18-49(45)55(50)39-13-4-3-5-14-39/h3-8,10-16,18-34,43,47H,9,17H2,1-2H3. The third-order valence-corrected chi connectivity index (χ3v) is 13.8. The SMILES string of the molecule is CC1(C)c2cc(N(c3ccc(-c4ccc5c(c4)c4ccccc4n5-c4ccccc4)cc3)c3ccc(-c4cc5ccccc5s4)cc3)ccc2C2C=CCCC21. The lowest BCUT2D eigenvalue weighted by atomic mass is 9.72. The molecule has 9 aromatic rings. The molecule has 2 atom stereocenters. The van der Waals surface area contributed by atoms with E-state index in [9.17, 15) is 0 Å². The summed E-state index contributed by atoms with van der Waals surface area (Å²) >= 11 is 1.86. The van der Waals surface area contributed by atoms with Crippen LogP contribution >= 0.6 is 11.3 Å². The number of hydrogen-bond acceptors (Lipinski definition) is 2. The quantitative estimate of drug-likeness (QED) is 0.154. The van der Waals surface area contributed by atoms with Gasteiger partial charge in [0.25, 0.3) is 0 Å². The average Bonchev–Trinajstić information content (AvgIpc) is 3.90. The first-order valence-electron chi connectivity index (χ1n) is 19.9. The van der Waals surface area contributed by atoms with Crippen LogP contribution in [0.3, 0.4) is 0 Å². The van der Waals surface area contributed by atoms with Crippen molar-refractivity contribution in [2.75, 3.05) is 4.90 Å². The van der Waals surface area contributed by atoms with Crippen molar-refractivity contribution in [2.24, 2.45) is 5.92 Å². The summed E-state index contributed by atoms with van der Waals surface area (Å²) in [4.78, 5) is 3.75. The Balaban J connectivity index is 1.000. The van der Waals surface area contributed by atoms with Gasteiger partial charge < -0.3 is 9.47 Å². The molecule has 56 heavy (non-hydrogen) atoms. The van der Waals surface area contributed by atoms with E-state index in [2.05, 4.69) is 205 Å². The number of anilines is 3. The number of allylic oxidation sites excluding steroid dienone is 2. The van der Waals surface area contributed by atoms with Crippen LogP contribution < -0.4 is 4.90 Å². The summed E-state index contributed by atoms with van der Waals surface area (Å²) in [6, 6.07) is 63.0. The Labute approximate surface area is 332 Å². The molecule has 2 nitrogen and oxygen atoms in total. The number of aromatic nitrogens is 1. The molecular formula is C53H42N2S. The Kier molecular flexibility index (Phi) is 7.69. The highest BCUT2D eigenvalue weighted by Gasteiger charge is 2.45. The van der Waals surface area contributed by atoms with E-state index in [1.807, 2.05) is 11.3 Å². The first kappa shape index (κ1) is 33.2. The van der Waals surface area contributed by atoms with Gasteiger partial charge in [0.15, 0.2) is 0 Å². The zero-order chi connectivity index (χ0) is 37.4. The summed E-state index contributed by atoms with van der Waals surface area (Å²) in [6.45, 7) is 4.93.